The van der Waals surface area contributed by atoms with Crippen LogP contribution in [-0.4, -0.2) is 22.3 Å². The fraction of sp³-hybridized carbons (Fsp3) is 0.100. The highest BCUT2D eigenvalue weighted by atomic mass is 79.9. The lowest BCUT2D eigenvalue weighted by atomic mass is 10.2. The first-order chi connectivity index (χ1) is 7.70. The summed E-state index contributed by atoms with van der Waals surface area (Å²) >= 11 is 9.14. The average Bonchev–Trinajstić information content (AvgIpc) is 2.29. The van der Waals surface area contributed by atoms with Crippen molar-refractivity contribution < 1.29 is 4.74 Å². The largest absolute Gasteiger partial charge is 0.496 e. The minimum absolute atomic E-state index is 0.298. The highest BCUT2D eigenvalue weighted by molar-refractivity contribution is 9.10. The van der Waals surface area contributed by atoms with E-state index in [-0.39, 0.29) is 0 Å². The van der Waals surface area contributed by atoms with Crippen molar-refractivity contribution in [3.8, 4) is 17.1 Å². The van der Waals surface area contributed by atoms with Crippen LogP contribution in [0.15, 0.2) is 28.9 Å². The van der Waals surface area contributed by atoms with Crippen molar-refractivity contribution in [3.05, 3.63) is 34.0 Å². The van der Waals surface area contributed by atoms with Crippen LogP contribution in [0.5, 0.6) is 5.75 Å². The molecule has 0 saturated heterocycles. The third-order valence-corrected chi connectivity index (χ3v) is 2.61. The van der Waals surface area contributed by atoms with E-state index >= 15 is 0 Å². The molecular formula is C10H7BrClN3O. The zero-order chi connectivity index (χ0) is 11.5. The van der Waals surface area contributed by atoms with Gasteiger partial charge in [-0.05, 0) is 18.2 Å². The van der Waals surface area contributed by atoms with E-state index in [4.69, 9.17) is 16.3 Å². The van der Waals surface area contributed by atoms with Gasteiger partial charge in [0.05, 0.1) is 18.9 Å². The molecule has 1 heterocycles. The summed E-state index contributed by atoms with van der Waals surface area (Å²) in [5.74, 6) is 1.11. The Morgan fingerprint density at radius 2 is 2.19 bits per heavy atom. The molecule has 1 aromatic heterocycles. The van der Waals surface area contributed by atoms with Crippen LogP contribution in [0.25, 0.3) is 11.4 Å². The maximum atomic E-state index is 5.76. The number of hydrogen-bond acceptors (Lipinski definition) is 4. The van der Waals surface area contributed by atoms with Gasteiger partial charge in [-0.15, -0.1) is 5.10 Å². The van der Waals surface area contributed by atoms with Gasteiger partial charge < -0.3 is 4.74 Å². The van der Waals surface area contributed by atoms with Gasteiger partial charge in [0.15, 0.2) is 11.0 Å². The van der Waals surface area contributed by atoms with Gasteiger partial charge in [0.1, 0.15) is 5.75 Å². The van der Waals surface area contributed by atoms with Crippen LogP contribution in [-0.2, 0) is 0 Å². The fourth-order valence-electron chi connectivity index (χ4n) is 1.25. The molecule has 0 aliphatic heterocycles. The molecule has 0 spiro atoms. The lowest BCUT2D eigenvalue weighted by Crippen LogP contribution is -1.95. The van der Waals surface area contributed by atoms with E-state index < -0.39 is 0 Å². The molecule has 82 valence electrons. The van der Waals surface area contributed by atoms with Crippen LogP contribution in [0.1, 0.15) is 0 Å². The number of ether oxygens (including phenoxy) is 1. The Kier molecular flexibility index (Phi) is 3.36. The van der Waals surface area contributed by atoms with Crippen molar-refractivity contribution in [1.82, 2.24) is 15.2 Å². The highest BCUT2D eigenvalue weighted by Gasteiger charge is 2.10. The Hall–Kier alpha value is -1.20. The predicted octanol–water partition coefficient (Wildman–Crippen LogP) is 2.96. The molecule has 0 unspecified atom stereocenters. The topological polar surface area (TPSA) is 47.9 Å². The summed E-state index contributed by atoms with van der Waals surface area (Å²) in [6.07, 6.45) is 1.38. The number of hydrogen-bond donors (Lipinski definition) is 0. The summed E-state index contributed by atoms with van der Waals surface area (Å²) in [5.41, 5.74) is 0.742. The van der Waals surface area contributed by atoms with Crippen LogP contribution < -0.4 is 4.74 Å². The molecule has 2 aromatic rings. The van der Waals surface area contributed by atoms with Crippen molar-refractivity contribution in [2.45, 2.75) is 0 Å². The van der Waals surface area contributed by atoms with E-state index in [9.17, 15) is 0 Å². The van der Waals surface area contributed by atoms with E-state index in [1.165, 1.54) is 6.20 Å². The number of benzene rings is 1. The van der Waals surface area contributed by atoms with E-state index in [1.807, 2.05) is 18.2 Å². The average molecular weight is 301 g/mol. The molecule has 0 aliphatic carbocycles. The first kappa shape index (κ1) is 11.3. The Balaban J connectivity index is 2.58. The summed E-state index contributed by atoms with van der Waals surface area (Å²) in [6.45, 7) is 0. The van der Waals surface area contributed by atoms with Crippen molar-refractivity contribution >= 4 is 27.5 Å². The van der Waals surface area contributed by atoms with Gasteiger partial charge in [-0.2, -0.15) is 5.10 Å². The smallest absolute Gasteiger partial charge is 0.186 e. The lowest BCUT2D eigenvalue weighted by Gasteiger charge is -2.06. The molecule has 0 N–H and O–H groups in total. The van der Waals surface area contributed by atoms with Gasteiger partial charge in [0.25, 0.3) is 0 Å². The second-order valence-electron chi connectivity index (χ2n) is 2.95. The zero-order valence-corrected chi connectivity index (χ0v) is 10.7. The molecule has 0 aliphatic rings. The summed E-state index contributed by atoms with van der Waals surface area (Å²) in [5, 5.41) is 7.96. The molecule has 0 radical (unpaired) electrons. The molecule has 0 saturated carbocycles. The van der Waals surface area contributed by atoms with Crippen LogP contribution in [0.2, 0.25) is 5.15 Å². The fourth-order valence-corrected chi connectivity index (χ4v) is 1.74. The van der Waals surface area contributed by atoms with Crippen LogP contribution in [0.4, 0.5) is 0 Å². The monoisotopic (exact) mass is 299 g/mol. The van der Waals surface area contributed by atoms with Crippen molar-refractivity contribution in [3.63, 3.8) is 0 Å². The molecule has 0 amide bonds. The van der Waals surface area contributed by atoms with Crippen LogP contribution >= 0.6 is 27.5 Å². The van der Waals surface area contributed by atoms with Gasteiger partial charge in [-0.3, -0.25) is 0 Å². The number of rotatable bonds is 2. The molecule has 2 rings (SSSR count). The van der Waals surface area contributed by atoms with Gasteiger partial charge in [-0.1, -0.05) is 27.5 Å². The Morgan fingerprint density at radius 3 is 2.88 bits per heavy atom. The van der Waals surface area contributed by atoms with Crippen molar-refractivity contribution in [2.24, 2.45) is 0 Å². The normalized spacial score (nSPS) is 10.2. The summed E-state index contributed by atoms with van der Waals surface area (Å²) in [4.78, 5) is 4.08. The SMILES string of the molecule is COc1ccc(Br)cc1-c1nncc(Cl)n1. The van der Waals surface area contributed by atoms with Gasteiger partial charge in [-0.25, -0.2) is 4.98 Å². The standard InChI is InChI=1S/C10H7BrClN3O/c1-16-8-3-2-6(11)4-7(8)10-14-9(12)5-13-15-10/h2-5H,1H3. The second-order valence-corrected chi connectivity index (χ2v) is 4.25. The maximum absolute atomic E-state index is 5.76. The minimum atomic E-state index is 0.298. The summed E-state index contributed by atoms with van der Waals surface area (Å²) in [6, 6.07) is 5.55. The highest BCUT2D eigenvalue weighted by Crippen LogP contribution is 2.30. The van der Waals surface area contributed by atoms with Gasteiger partial charge in [0.2, 0.25) is 0 Å². The number of halogens is 2. The summed E-state index contributed by atoms with van der Waals surface area (Å²) in [7, 11) is 1.59. The molecule has 16 heavy (non-hydrogen) atoms. The third kappa shape index (κ3) is 2.31. The molecule has 6 heteroatoms. The van der Waals surface area contributed by atoms with Crippen molar-refractivity contribution in [1.29, 1.82) is 0 Å². The zero-order valence-electron chi connectivity index (χ0n) is 8.32. The molecule has 1 aromatic carbocycles. The van der Waals surface area contributed by atoms with E-state index in [0.717, 1.165) is 10.0 Å². The van der Waals surface area contributed by atoms with E-state index in [2.05, 4.69) is 31.1 Å². The predicted molar refractivity (Wildman–Crippen MR) is 64.5 cm³/mol. The molecule has 0 bridgehead atoms. The minimum Gasteiger partial charge on any atom is -0.496 e. The third-order valence-electron chi connectivity index (χ3n) is 1.93. The molecular weight excluding hydrogens is 293 g/mol. The van der Waals surface area contributed by atoms with Gasteiger partial charge >= 0.3 is 0 Å². The van der Waals surface area contributed by atoms with Crippen LogP contribution in [0, 0.1) is 0 Å². The number of nitrogens with zero attached hydrogens (tertiary/aromatic N) is 3. The number of methoxy groups -OCH3 is 1. The maximum Gasteiger partial charge on any atom is 0.186 e. The quantitative estimate of drug-likeness (QED) is 0.855. The van der Waals surface area contributed by atoms with E-state index in [0.29, 0.717) is 16.7 Å². The Labute approximate surface area is 106 Å². The molecule has 0 fully saturated rings. The second kappa shape index (κ2) is 4.76. The Bertz CT molecular complexity index is 521. The van der Waals surface area contributed by atoms with E-state index in [1.54, 1.807) is 7.11 Å². The summed E-state index contributed by atoms with van der Waals surface area (Å²) < 4.78 is 6.13. The van der Waals surface area contributed by atoms with Crippen LogP contribution in [0.3, 0.4) is 0 Å². The first-order valence-corrected chi connectivity index (χ1v) is 5.57. The van der Waals surface area contributed by atoms with Gasteiger partial charge in [0, 0.05) is 4.47 Å². The molecule has 4 nitrogen and oxygen atoms in total. The lowest BCUT2D eigenvalue weighted by molar-refractivity contribution is 0.416. The first-order valence-electron chi connectivity index (χ1n) is 4.40. The number of aromatic nitrogens is 3. The molecule has 0 atom stereocenters. The van der Waals surface area contributed by atoms with Crippen molar-refractivity contribution in [2.75, 3.05) is 7.11 Å². The Morgan fingerprint density at radius 1 is 1.38 bits per heavy atom.